The molecule has 0 spiro atoms. The van der Waals surface area contributed by atoms with Gasteiger partial charge in [0.05, 0.1) is 0 Å². The smallest absolute Gasteiger partial charge is 0.323 e. The summed E-state index contributed by atoms with van der Waals surface area (Å²) in [5, 5.41) is 8.63. The lowest BCUT2D eigenvalue weighted by Gasteiger charge is -2.03. The van der Waals surface area contributed by atoms with Gasteiger partial charge in [0, 0.05) is 0 Å². The fourth-order valence-electron chi connectivity index (χ4n) is 1.33. The molecule has 4 heteroatoms. The lowest BCUT2D eigenvalue weighted by molar-refractivity contribution is -0.140. The van der Waals surface area contributed by atoms with Gasteiger partial charge in [0.2, 0.25) is 0 Å². The van der Waals surface area contributed by atoms with E-state index in [9.17, 15) is 4.79 Å². The molecule has 1 rings (SSSR count). The summed E-state index contributed by atoms with van der Waals surface area (Å²) in [5.41, 5.74) is 9.89. The van der Waals surface area contributed by atoms with Crippen LogP contribution in [0.2, 0.25) is 0 Å². The van der Waals surface area contributed by atoms with E-state index in [1.807, 2.05) is 0 Å². The van der Waals surface area contributed by atoms with Crippen molar-refractivity contribution in [2.75, 3.05) is 6.54 Å². The summed E-state index contributed by atoms with van der Waals surface area (Å²) in [5.74, 6) is -0.719. The second kappa shape index (κ2) is 2.79. The standard InChI is InChI=1S/C7H14N2O2/c8-3-1-2-5-4-7(5,9)6(10)11/h5H,1-4,8-9H2,(H,10,11)/t5?,7-/m0/s1. The Hall–Kier alpha value is -0.610. The summed E-state index contributed by atoms with van der Waals surface area (Å²) < 4.78 is 0. The van der Waals surface area contributed by atoms with Crippen molar-refractivity contribution in [3.63, 3.8) is 0 Å². The molecule has 1 fully saturated rings. The van der Waals surface area contributed by atoms with Crippen LogP contribution in [0.3, 0.4) is 0 Å². The Bertz CT molecular complexity index is 172. The average Bonchev–Trinajstić information content (AvgIpc) is 2.59. The molecule has 0 saturated heterocycles. The topological polar surface area (TPSA) is 89.3 Å². The third kappa shape index (κ3) is 1.52. The maximum absolute atomic E-state index is 10.5. The zero-order valence-corrected chi connectivity index (χ0v) is 6.42. The van der Waals surface area contributed by atoms with E-state index in [0.29, 0.717) is 13.0 Å². The minimum atomic E-state index is -0.921. The highest BCUT2D eigenvalue weighted by atomic mass is 16.4. The van der Waals surface area contributed by atoms with Gasteiger partial charge >= 0.3 is 5.97 Å². The lowest BCUT2D eigenvalue weighted by Crippen LogP contribution is -2.35. The molecule has 4 nitrogen and oxygen atoms in total. The minimum Gasteiger partial charge on any atom is -0.480 e. The predicted octanol–water partition coefficient (Wildman–Crippen LogP) is -0.473. The summed E-state index contributed by atoms with van der Waals surface area (Å²) >= 11 is 0. The van der Waals surface area contributed by atoms with Gasteiger partial charge in [-0.05, 0) is 31.7 Å². The molecule has 0 aromatic rings. The van der Waals surface area contributed by atoms with E-state index in [1.165, 1.54) is 0 Å². The van der Waals surface area contributed by atoms with Crippen LogP contribution < -0.4 is 11.5 Å². The summed E-state index contributed by atoms with van der Waals surface area (Å²) in [6, 6.07) is 0. The zero-order chi connectivity index (χ0) is 8.48. The van der Waals surface area contributed by atoms with E-state index >= 15 is 0 Å². The van der Waals surface area contributed by atoms with Crippen LogP contribution in [0.4, 0.5) is 0 Å². The number of hydrogen-bond acceptors (Lipinski definition) is 3. The minimum absolute atomic E-state index is 0.156. The fraction of sp³-hybridized carbons (Fsp3) is 0.857. The highest BCUT2D eigenvalue weighted by Crippen LogP contribution is 2.44. The number of carboxylic acid groups (broad SMARTS) is 1. The number of carbonyl (C=O) groups is 1. The van der Waals surface area contributed by atoms with Gasteiger partial charge in [0.25, 0.3) is 0 Å². The van der Waals surface area contributed by atoms with E-state index in [2.05, 4.69) is 0 Å². The molecular weight excluding hydrogens is 144 g/mol. The highest BCUT2D eigenvalue weighted by molar-refractivity contribution is 5.82. The summed E-state index contributed by atoms with van der Waals surface area (Å²) in [6.45, 7) is 0.617. The first kappa shape index (κ1) is 8.49. The molecule has 1 aliphatic rings. The first-order chi connectivity index (χ1) is 5.11. The van der Waals surface area contributed by atoms with Gasteiger partial charge < -0.3 is 16.6 Å². The number of nitrogens with two attached hydrogens (primary N) is 2. The highest BCUT2D eigenvalue weighted by Gasteiger charge is 2.56. The van der Waals surface area contributed by atoms with Crippen molar-refractivity contribution in [3.05, 3.63) is 0 Å². The predicted molar refractivity (Wildman–Crippen MR) is 40.9 cm³/mol. The summed E-state index contributed by atoms with van der Waals surface area (Å²) in [7, 11) is 0. The quantitative estimate of drug-likeness (QED) is 0.516. The SMILES string of the molecule is NCCCC1C[C@@]1(N)C(=O)O. The summed E-state index contributed by atoms with van der Waals surface area (Å²) in [4.78, 5) is 10.5. The molecule has 0 aliphatic heterocycles. The van der Waals surface area contributed by atoms with Crippen molar-refractivity contribution in [1.82, 2.24) is 0 Å². The van der Waals surface area contributed by atoms with Crippen LogP contribution in [0, 0.1) is 5.92 Å². The van der Waals surface area contributed by atoms with Gasteiger partial charge in [0.15, 0.2) is 0 Å². The average molecular weight is 158 g/mol. The molecule has 64 valence electrons. The number of carboxylic acids is 1. The van der Waals surface area contributed by atoms with Crippen LogP contribution in [-0.2, 0) is 4.79 Å². The Balaban J connectivity index is 2.29. The third-order valence-corrected chi connectivity index (χ3v) is 2.31. The van der Waals surface area contributed by atoms with Gasteiger partial charge in [-0.1, -0.05) is 0 Å². The van der Waals surface area contributed by atoms with E-state index in [1.54, 1.807) is 0 Å². The molecule has 1 unspecified atom stereocenters. The molecule has 0 aromatic heterocycles. The van der Waals surface area contributed by atoms with E-state index in [4.69, 9.17) is 16.6 Å². The molecule has 1 saturated carbocycles. The molecule has 0 bridgehead atoms. The van der Waals surface area contributed by atoms with Crippen molar-refractivity contribution >= 4 is 5.97 Å². The monoisotopic (exact) mass is 158 g/mol. The number of hydrogen-bond donors (Lipinski definition) is 3. The van der Waals surface area contributed by atoms with E-state index in [0.717, 1.165) is 12.8 Å². The van der Waals surface area contributed by atoms with E-state index in [-0.39, 0.29) is 5.92 Å². The Morgan fingerprint density at radius 3 is 2.73 bits per heavy atom. The van der Waals surface area contributed by atoms with E-state index < -0.39 is 11.5 Å². The second-order valence-electron chi connectivity index (χ2n) is 3.18. The molecule has 1 aliphatic carbocycles. The van der Waals surface area contributed by atoms with Crippen molar-refractivity contribution in [1.29, 1.82) is 0 Å². The summed E-state index contributed by atoms with van der Waals surface area (Å²) in [6.07, 6.45) is 2.33. The largest absolute Gasteiger partial charge is 0.480 e. The van der Waals surface area contributed by atoms with Crippen molar-refractivity contribution in [2.24, 2.45) is 17.4 Å². The maximum atomic E-state index is 10.5. The van der Waals surface area contributed by atoms with Gasteiger partial charge in [-0.3, -0.25) is 4.79 Å². The van der Waals surface area contributed by atoms with Gasteiger partial charge in [0.1, 0.15) is 5.54 Å². The van der Waals surface area contributed by atoms with Crippen LogP contribution in [-0.4, -0.2) is 23.2 Å². The van der Waals surface area contributed by atoms with Gasteiger partial charge in [-0.2, -0.15) is 0 Å². The van der Waals surface area contributed by atoms with Crippen LogP contribution in [0.15, 0.2) is 0 Å². The molecule has 0 heterocycles. The second-order valence-corrected chi connectivity index (χ2v) is 3.18. The molecule has 0 radical (unpaired) electrons. The van der Waals surface area contributed by atoms with Crippen molar-refractivity contribution in [2.45, 2.75) is 24.8 Å². The molecule has 5 N–H and O–H groups in total. The van der Waals surface area contributed by atoms with Gasteiger partial charge in [-0.15, -0.1) is 0 Å². The molecule has 11 heavy (non-hydrogen) atoms. The van der Waals surface area contributed by atoms with Gasteiger partial charge in [-0.25, -0.2) is 0 Å². The fourth-order valence-corrected chi connectivity index (χ4v) is 1.33. The molecular formula is C7H14N2O2. The Kier molecular flexibility index (Phi) is 2.15. The van der Waals surface area contributed by atoms with Crippen LogP contribution in [0.1, 0.15) is 19.3 Å². The molecule has 2 atom stereocenters. The first-order valence-corrected chi connectivity index (χ1v) is 3.83. The van der Waals surface area contributed by atoms with Crippen LogP contribution >= 0.6 is 0 Å². The number of aliphatic carboxylic acids is 1. The Morgan fingerprint density at radius 1 is 1.73 bits per heavy atom. The maximum Gasteiger partial charge on any atom is 0.323 e. The lowest BCUT2D eigenvalue weighted by atomic mass is 10.1. The first-order valence-electron chi connectivity index (χ1n) is 3.83. The third-order valence-electron chi connectivity index (χ3n) is 2.31. The Labute approximate surface area is 65.6 Å². The normalized spacial score (nSPS) is 35.3. The molecule has 0 amide bonds. The van der Waals surface area contributed by atoms with Crippen LogP contribution in [0.5, 0.6) is 0 Å². The number of rotatable bonds is 4. The molecule has 0 aromatic carbocycles. The van der Waals surface area contributed by atoms with Crippen molar-refractivity contribution in [3.8, 4) is 0 Å². The van der Waals surface area contributed by atoms with Crippen molar-refractivity contribution < 1.29 is 9.90 Å². The van der Waals surface area contributed by atoms with Crippen LogP contribution in [0.25, 0.3) is 0 Å². The zero-order valence-electron chi connectivity index (χ0n) is 6.42. The Morgan fingerprint density at radius 2 is 2.36 bits per heavy atom.